The molecule has 0 aliphatic heterocycles. The lowest BCUT2D eigenvalue weighted by atomic mass is 10.2. The summed E-state index contributed by atoms with van der Waals surface area (Å²) < 4.78 is 1.65. The Labute approximate surface area is 97.2 Å². The normalized spacial score (nSPS) is 10.1. The van der Waals surface area contributed by atoms with Crippen molar-refractivity contribution in [2.45, 2.75) is 6.54 Å². The van der Waals surface area contributed by atoms with Gasteiger partial charge in [-0.05, 0) is 6.07 Å². The SMILES string of the molecule is O=[N+]([O-])c1ccccc1NCCn1ccnn1. The van der Waals surface area contributed by atoms with E-state index in [0.29, 0.717) is 18.8 Å². The van der Waals surface area contributed by atoms with Gasteiger partial charge in [-0.3, -0.25) is 14.8 Å². The fourth-order valence-electron chi connectivity index (χ4n) is 1.44. The number of nitro benzene ring substituents is 1. The van der Waals surface area contributed by atoms with Gasteiger partial charge in [0, 0.05) is 18.8 Å². The van der Waals surface area contributed by atoms with Gasteiger partial charge in [0.2, 0.25) is 0 Å². The molecule has 7 nitrogen and oxygen atoms in total. The van der Waals surface area contributed by atoms with Crippen molar-refractivity contribution in [1.29, 1.82) is 0 Å². The smallest absolute Gasteiger partial charge is 0.292 e. The lowest BCUT2D eigenvalue weighted by molar-refractivity contribution is -0.384. The van der Waals surface area contributed by atoms with Gasteiger partial charge in [0.15, 0.2) is 0 Å². The van der Waals surface area contributed by atoms with Crippen LogP contribution in [0.15, 0.2) is 36.7 Å². The standard InChI is InChI=1S/C10H11N5O2/c16-15(17)10-4-2-1-3-9(10)11-5-7-14-8-6-12-13-14/h1-4,6,8,11H,5,7H2. The number of benzene rings is 1. The topological polar surface area (TPSA) is 85.9 Å². The second kappa shape index (κ2) is 5.06. The minimum atomic E-state index is -0.405. The minimum absolute atomic E-state index is 0.0751. The summed E-state index contributed by atoms with van der Waals surface area (Å²) in [6.45, 7) is 1.15. The van der Waals surface area contributed by atoms with Crippen LogP contribution in [-0.2, 0) is 6.54 Å². The second-order valence-corrected chi connectivity index (χ2v) is 3.37. The summed E-state index contributed by atoms with van der Waals surface area (Å²) in [5.74, 6) is 0. The van der Waals surface area contributed by atoms with E-state index in [9.17, 15) is 10.1 Å². The molecule has 0 saturated carbocycles. The number of hydrogen-bond acceptors (Lipinski definition) is 5. The predicted octanol–water partition coefficient (Wildman–Crippen LogP) is 1.30. The van der Waals surface area contributed by atoms with Crippen LogP contribution in [0.1, 0.15) is 0 Å². The van der Waals surface area contributed by atoms with Crippen LogP contribution in [-0.4, -0.2) is 26.5 Å². The Hall–Kier alpha value is -2.44. The van der Waals surface area contributed by atoms with Crippen molar-refractivity contribution in [3.63, 3.8) is 0 Å². The van der Waals surface area contributed by atoms with Crippen LogP contribution >= 0.6 is 0 Å². The Morgan fingerprint density at radius 3 is 2.94 bits per heavy atom. The lowest BCUT2D eigenvalue weighted by Crippen LogP contribution is -2.11. The first-order valence-corrected chi connectivity index (χ1v) is 5.09. The van der Waals surface area contributed by atoms with Crippen molar-refractivity contribution in [1.82, 2.24) is 15.0 Å². The molecule has 0 spiro atoms. The van der Waals surface area contributed by atoms with Gasteiger partial charge in [-0.25, -0.2) is 0 Å². The highest BCUT2D eigenvalue weighted by Crippen LogP contribution is 2.22. The molecule has 88 valence electrons. The molecule has 0 aliphatic carbocycles. The Morgan fingerprint density at radius 2 is 2.24 bits per heavy atom. The summed E-state index contributed by atoms with van der Waals surface area (Å²) in [6, 6.07) is 6.54. The fourth-order valence-corrected chi connectivity index (χ4v) is 1.44. The Balaban J connectivity index is 1.97. The molecule has 7 heteroatoms. The van der Waals surface area contributed by atoms with Crippen molar-refractivity contribution in [3.05, 3.63) is 46.8 Å². The second-order valence-electron chi connectivity index (χ2n) is 3.37. The first-order valence-electron chi connectivity index (χ1n) is 5.09. The number of aromatic nitrogens is 3. The molecule has 0 saturated heterocycles. The van der Waals surface area contributed by atoms with E-state index in [2.05, 4.69) is 15.6 Å². The molecule has 0 atom stereocenters. The highest BCUT2D eigenvalue weighted by atomic mass is 16.6. The minimum Gasteiger partial charge on any atom is -0.378 e. The zero-order valence-electron chi connectivity index (χ0n) is 8.98. The van der Waals surface area contributed by atoms with Gasteiger partial charge in [-0.1, -0.05) is 17.3 Å². The molecule has 2 aromatic rings. The number of nitrogens with one attached hydrogen (secondary N) is 1. The highest BCUT2D eigenvalue weighted by Gasteiger charge is 2.11. The van der Waals surface area contributed by atoms with E-state index in [-0.39, 0.29) is 5.69 Å². The monoisotopic (exact) mass is 233 g/mol. The fraction of sp³-hybridized carbons (Fsp3) is 0.200. The summed E-state index contributed by atoms with van der Waals surface area (Å²) >= 11 is 0. The van der Waals surface area contributed by atoms with Gasteiger partial charge < -0.3 is 5.32 Å². The van der Waals surface area contributed by atoms with E-state index >= 15 is 0 Å². The van der Waals surface area contributed by atoms with Crippen molar-refractivity contribution in [2.24, 2.45) is 0 Å². The van der Waals surface area contributed by atoms with Gasteiger partial charge in [-0.2, -0.15) is 0 Å². The highest BCUT2D eigenvalue weighted by molar-refractivity contribution is 5.60. The molecule has 1 N–H and O–H groups in total. The van der Waals surface area contributed by atoms with Crippen molar-refractivity contribution in [3.8, 4) is 0 Å². The number of rotatable bonds is 5. The summed E-state index contributed by atoms with van der Waals surface area (Å²) in [4.78, 5) is 10.3. The molecular weight excluding hydrogens is 222 g/mol. The van der Waals surface area contributed by atoms with E-state index in [1.807, 2.05) is 0 Å². The zero-order chi connectivity index (χ0) is 12.1. The average Bonchev–Trinajstić information content (AvgIpc) is 2.82. The molecule has 2 rings (SSSR count). The van der Waals surface area contributed by atoms with E-state index in [4.69, 9.17) is 0 Å². The van der Waals surface area contributed by atoms with Crippen LogP contribution < -0.4 is 5.32 Å². The van der Waals surface area contributed by atoms with Crippen molar-refractivity contribution >= 4 is 11.4 Å². The number of para-hydroxylation sites is 2. The van der Waals surface area contributed by atoms with Crippen LogP contribution in [0.4, 0.5) is 11.4 Å². The number of nitro groups is 1. The first kappa shape index (κ1) is 11.1. The molecule has 0 unspecified atom stereocenters. The predicted molar refractivity (Wildman–Crippen MR) is 61.6 cm³/mol. The van der Waals surface area contributed by atoms with E-state index in [0.717, 1.165) is 0 Å². The molecular formula is C10H11N5O2. The molecule has 1 heterocycles. The van der Waals surface area contributed by atoms with Crippen LogP contribution in [0.25, 0.3) is 0 Å². The van der Waals surface area contributed by atoms with Gasteiger partial charge in [-0.15, -0.1) is 5.10 Å². The Morgan fingerprint density at radius 1 is 1.41 bits per heavy atom. The van der Waals surface area contributed by atoms with Gasteiger partial charge in [0.1, 0.15) is 5.69 Å². The number of hydrogen-bond donors (Lipinski definition) is 1. The van der Waals surface area contributed by atoms with E-state index < -0.39 is 4.92 Å². The molecule has 0 aliphatic rings. The van der Waals surface area contributed by atoms with Gasteiger partial charge in [0.25, 0.3) is 5.69 Å². The molecule has 1 aromatic carbocycles. The molecule has 1 aromatic heterocycles. The van der Waals surface area contributed by atoms with Crippen molar-refractivity contribution < 1.29 is 4.92 Å². The average molecular weight is 233 g/mol. The Bertz CT molecular complexity index is 497. The van der Waals surface area contributed by atoms with Crippen LogP contribution in [0.3, 0.4) is 0 Å². The zero-order valence-corrected chi connectivity index (χ0v) is 8.98. The third kappa shape index (κ3) is 2.77. The quantitative estimate of drug-likeness (QED) is 0.621. The largest absolute Gasteiger partial charge is 0.378 e. The Kier molecular flexibility index (Phi) is 3.29. The van der Waals surface area contributed by atoms with E-state index in [1.54, 1.807) is 35.3 Å². The number of nitrogens with zero attached hydrogens (tertiary/aromatic N) is 4. The summed E-state index contributed by atoms with van der Waals surface area (Å²) in [6.07, 6.45) is 3.33. The lowest BCUT2D eigenvalue weighted by Gasteiger charge is -2.06. The van der Waals surface area contributed by atoms with Crippen molar-refractivity contribution in [2.75, 3.05) is 11.9 Å². The molecule has 0 radical (unpaired) electrons. The molecule has 0 fully saturated rings. The maximum absolute atomic E-state index is 10.8. The molecule has 0 bridgehead atoms. The third-order valence-electron chi connectivity index (χ3n) is 2.23. The van der Waals surface area contributed by atoms with Crippen LogP contribution in [0.2, 0.25) is 0 Å². The van der Waals surface area contributed by atoms with E-state index in [1.165, 1.54) is 6.07 Å². The first-order chi connectivity index (χ1) is 8.27. The van der Waals surface area contributed by atoms with Gasteiger partial charge in [0.05, 0.1) is 17.7 Å². The van der Waals surface area contributed by atoms with Gasteiger partial charge >= 0.3 is 0 Å². The summed E-state index contributed by atoms with van der Waals surface area (Å²) in [5, 5.41) is 21.2. The molecule has 17 heavy (non-hydrogen) atoms. The van der Waals surface area contributed by atoms with Crippen LogP contribution in [0, 0.1) is 10.1 Å². The molecule has 0 amide bonds. The summed E-state index contributed by atoms with van der Waals surface area (Å²) in [7, 11) is 0. The van der Waals surface area contributed by atoms with Crippen LogP contribution in [0.5, 0.6) is 0 Å². The third-order valence-corrected chi connectivity index (χ3v) is 2.23. The maximum Gasteiger partial charge on any atom is 0.292 e. The summed E-state index contributed by atoms with van der Waals surface area (Å²) in [5.41, 5.74) is 0.587. The number of anilines is 1. The maximum atomic E-state index is 10.8.